The van der Waals surface area contributed by atoms with Crippen molar-refractivity contribution >= 4 is 59.1 Å². The first kappa shape index (κ1) is 15.6. The monoisotopic (exact) mass is 470 g/mol. The number of hydrogen-bond acceptors (Lipinski definition) is 3. The Morgan fingerprint density at radius 3 is 2.63 bits per heavy atom. The molecule has 1 aromatic carbocycles. The molecular formula is C12H10Br3FN2S. The predicted octanol–water partition coefficient (Wildman–Crippen LogP) is 4.92. The summed E-state index contributed by atoms with van der Waals surface area (Å²) in [5.41, 5.74) is 4.70. The molecule has 3 N–H and O–H groups in total. The number of halogens is 4. The molecule has 0 amide bonds. The van der Waals surface area contributed by atoms with Gasteiger partial charge in [-0.1, -0.05) is 12.1 Å². The van der Waals surface area contributed by atoms with Crippen molar-refractivity contribution in [2.75, 3.05) is 0 Å². The predicted molar refractivity (Wildman–Crippen MR) is 87.6 cm³/mol. The minimum absolute atomic E-state index is 0.0879. The second kappa shape index (κ2) is 6.78. The number of thiophene rings is 1. The van der Waals surface area contributed by atoms with E-state index in [1.807, 2.05) is 12.1 Å². The van der Waals surface area contributed by atoms with E-state index in [0.29, 0.717) is 10.9 Å². The molecule has 0 spiro atoms. The summed E-state index contributed by atoms with van der Waals surface area (Å²) in [4.78, 5) is 0. The third-order valence-electron chi connectivity index (χ3n) is 2.72. The van der Waals surface area contributed by atoms with Gasteiger partial charge in [0.1, 0.15) is 5.82 Å². The molecule has 2 aromatic rings. The first-order chi connectivity index (χ1) is 9.02. The number of rotatable bonds is 4. The van der Waals surface area contributed by atoms with E-state index >= 15 is 0 Å². The molecule has 1 heterocycles. The first-order valence-corrected chi connectivity index (χ1v) is 8.56. The fourth-order valence-electron chi connectivity index (χ4n) is 1.78. The lowest BCUT2D eigenvalue weighted by Gasteiger charge is -2.16. The van der Waals surface area contributed by atoms with Crippen LogP contribution in [0.4, 0.5) is 4.39 Å². The van der Waals surface area contributed by atoms with Crippen molar-refractivity contribution in [1.82, 2.24) is 5.43 Å². The van der Waals surface area contributed by atoms with Crippen molar-refractivity contribution in [3.63, 3.8) is 0 Å². The van der Waals surface area contributed by atoms with Gasteiger partial charge in [0.2, 0.25) is 0 Å². The summed E-state index contributed by atoms with van der Waals surface area (Å²) in [7, 11) is 0. The maximum atomic E-state index is 13.5. The van der Waals surface area contributed by atoms with Gasteiger partial charge in [-0.2, -0.15) is 0 Å². The molecule has 0 saturated carbocycles. The molecule has 0 aliphatic heterocycles. The van der Waals surface area contributed by atoms with E-state index in [4.69, 9.17) is 5.84 Å². The van der Waals surface area contributed by atoms with Crippen LogP contribution in [0.15, 0.2) is 36.3 Å². The Balaban J connectivity index is 2.29. The van der Waals surface area contributed by atoms with Crippen molar-refractivity contribution in [1.29, 1.82) is 0 Å². The topological polar surface area (TPSA) is 38.0 Å². The van der Waals surface area contributed by atoms with Gasteiger partial charge in [0.25, 0.3) is 0 Å². The van der Waals surface area contributed by atoms with E-state index in [9.17, 15) is 4.39 Å². The van der Waals surface area contributed by atoms with Gasteiger partial charge in [-0.3, -0.25) is 11.3 Å². The Labute approximate surface area is 139 Å². The Kier molecular flexibility index (Phi) is 5.56. The molecular weight excluding hydrogens is 463 g/mol. The quantitative estimate of drug-likeness (QED) is 0.489. The van der Waals surface area contributed by atoms with Crippen LogP contribution in [0.5, 0.6) is 0 Å². The van der Waals surface area contributed by atoms with Crippen molar-refractivity contribution in [3.05, 3.63) is 53.3 Å². The zero-order valence-electron chi connectivity index (χ0n) is 9.59. The lowest BCUT2D eigenvalue weighted by atomic mass is 10.0. The van der Waals surface area contributed by atoms with E-state index in [2.05, 4.69) is 53.2 Å². The molecule has 7 heteroatoms. The Bertz CT molecular complexity index is 588. The third kappa shape index (κ3) is 3.65. The van der Waals surface area contributed by atoms with Crippen LogP contribution < -0.4 is 11.3 Å². The molecule has 0 fully saturated rings. The molecule has 2 rings (SSSR count). The Hall–Kier alpha value is 0.210. The molecule has 1 aromatic heterocycles. The first-order valence-electron chi connectivity index (χ1n) is 5.36. The molecule has 19 heavy (non-hydrogen) atoms. The summed E-state index contributed by atoms with van der Waals surface area (Å²) < 4.78 is 16.0. The maximum absolute atomic E-state index is 13.5. The van der Waals surface area contributed by atoms with Crippen LogP contribution in [-0.2, 0) is 6.42 Å². The summed E-state index contributed by atoms with van der Waals surface area (Å²) in [5, 5.41) is 0. The summed E-state index contributed by atoms with van der Waals surface area (Å²) >= 11 is 11.8. The molecule has 1 atom stereocenters. The zero-order chi connectivity index (χ0) is 14.0. The van der Waals surface area contributed by atoms with Gasteiger partial charge in [0.05, 0.1) is 18.1 Å². The van der Waals surface area contributed by atoms with E-state index in [-0.39, 0.29) is 11.9 Å². The van der Waals surface area contributed by atoms with Crippen LogP contribution in [0.25, 0.3) is 0 Å². The number of nitrogens with one attached hydrogen (secondary N) is 1. The Morgan fingerprint density at radius 1 is 1.32 bits per heavy atom. The van der Waals surface area contributed by atoms with Gasteiger partial charge >= 0.3 is 0 Å². The Morgan fingerprint density at radius 2 is 2.05 bits per heavy atom. The van der Waals surface area contributed by atoms with Crippen LogP contribution in [0.2, 0.25) is 0 Å². The van der Waals surface area contributed by atoms with Gasteiger partial charge in [-0.05, 0) is 77.5 Å². The molecule has 2 nitrogen and oxygen atoms in total. The highest BCUT2D eigenvalue weighted by Crippen LogP contribution is 2.37. The van der Waals surface area contributed by atoms with Crippen molar-refractivity contribution in [3.8, 4) is 0 Å². The molecule has 0 bridgehead atoms. The highest BCUT2D eigenvalue weighted by molar-refractivity contribution is 9.12. The van der Waals surface area contributed by atoms with Gasteiger partial charge in [-0.25, -0.2) is 4.39 Å². The minimum atomic E-state index is -0.265. The number of hydrazine groups is 1. The molecule has 0 aliphatic carbocycles. The molecule has 1 unspecified atom stereocenters. The van der Waals surface area contributed by atoms with E-state index in [1.54, 1.807) is 17.4 Å². The average Bonchev–Trinajstić information content (AvgIpc) is 2.70. The van der Waals surface area contributed by atoms with E-state index < -0.39 is 0 Å². The van der Waals surface area contributed by atoms with Gasteiger partial charge in [-0.15, -0.1) is 11.3 Å². The smallest absolute Gasteiger partial charge is 0.137 e. The van der Waals surface area contributed by atoms with Crippen LogP contribution in [0, 0.1) is 5.82 Å². The van der Waals surface area contributed by atoms with Crippen LogP contribution >= 0.6 is 59.1 Å². The van der Waals surface area contributed by atoms with Crippen molar-refractivity contribution in [2.45, 2.75) is 12.5 Å². The van der Waals surface area contributed by atoms with Gasteiger partial charge in [0.15, 0.2) is 0 Å². The summed E-state index contributed by atoms with van der Waals surface area (Å²) in [6.07, 6.45) is 0.594. The normalized spacial score (nSPS) is 12.7. The van der Waals surface area contributed by atoms with E-state index in [1.165, 1.54) is 6.07 Å². The summed E-state index contributed by atoms with van der Waals surface area (Å²) in [6.45, 7) is 0. The van der Waals surface area contributed by atoms with Crippen LogP contribution in [0.1, 0.15) is 17.2 Å². The molecule has 0 saturated heterocycles. The van der Waals surface area contributed by atoms with Crippen LogP contribution in [0.3, 0.4) is 0 Å². The fourth-order valence-corrected chi connectivity index (χ4v) is 5.18. The highest BCUT2D eigenvalue weighted by atomic mass is 79.9. The highest BCUT2D eigenvalue weighted by Gasteiger charge is 2.18. The second-order valence-corrected chi connectivity index (χ2v) is 8.46. The number of nitrogens with two attached hydrogens (primary N) is 1. The SMILES string of the molecule is NNC(Cc1cccc(F)c1Br)c1cc(Br)sc1Br. The van der Waals surface area contributed by atoms with Crippen molar-refractivity contribution in [2.24, 2.45) is 5.84 Å². The minimum Gasteiger partial charge on any atom is -0.271 e. The summed E-state index contributed by atoms with van der Waals surface area (Å²) in [6, 6.07) is 6.92. The van der Waals surface area contributed by atoms with Crippen molar-refractivity contribution < 1.29 is 4.39 Å². The fraction of sp³-hybridized carbons (Fsp3) is 0.167. The largest absolute Gasteiger partial charge is 0.271 e. The molecule has 0 radical (unpaired) electrons. The number of benzene rings is 1. The lowest BCUT2D eigenvalue weighted by Crippen LogP contribution is -2.29. The standard InChI is InChI=1S/C12H10Br3FN2S/c13-10-5-7(12(15)19-10)9(18-17)4-6-2-1-3-8(16)11(6)14/h1-3,5,9,18H,4,17H2. The number of hydrogen-bond donors (Lipinski definition) is 2. The molecule has 102 valence electrons. The average molecular weight is 473 g/mol. The van der Waals surface area contributed by atoms with Crippen LogP contribution in [-0.4, -0.2) is 0 Å². The molecule has 0 aliphatic rings. The van der Waals surface area contributed by atoms with Gasteiger partial charge in [0, 0.05) is 0 Å². The zero-order valence-corrected chi connectivity index (χ0v) is 15.2. The van der Waals surface area contributed by atoms with Gasteiger partial charge < -0.3 is 0 Å². The second-order valence-electron chi connectivity index (χ2n) is 3.92. The maximum Gasteiger partial charge on any atom is 0.137 e. The third-order valence-corrected chi connectivity index (χ3v) is 5.99. The van der Waals surface area contributed by atoms with E-state index in [0.717, 1.165) is 18.7 Å². The summed E-state index contributed by atoms with van der Waals surface area (Å²) in [5.74, 6) is 5.36. The lowest BCUT2D eigenvalue weighted by molar-refractivity contribution is 0.546.